The van der Waals surface area contributed by atoms with Crippen molar-refractivity contribution in [2.24, 2.45) is 0 Å². The second-order valence-electron chi connectivity index (χ2n) is 3.85. The molecule has 0 aliphatic heterocycles. The highest BCUT2D eigenvalue weighted by atomic mass is 31.2. The van der Waals surface area contributed by atoms with Crippen LogP contribution in [0.3, 0.4) is 0 Å². The van der Waals surface area contributed by atoms with E-state index in [0.29, 0.717) is 6.16 Å². The van der Waals surface area contributed by atoms with E-state index < -0.39 is 8.38 Å². The zero-order chi connectivity index (χ0) is 12.1. The maximum Gasteiger partial charge on any atom is 0.232 e. The van der Waals surface area contributed by atoms with E-state index in [0.717, 1.165) is 16.9 Å². The van der Waals surface area contributed by atoms with E-state index in [2.05, 4.69) is 0 Å². The Morgan fingerprint density at radius 1 is 1.00 bits per heavy atom. The van der Waals surface area contributed by atoms with Crippen LogP contribution in [-0.2, 0) is 6.16 Å². The molecule has 0 amide bonds. The molecule has 0 saturated carbocycles. The zero-order valence-corrected chi connectivity index (χ0v) is 10.6. The van der Waals surface area contributed by atoms with Crippen molar-refractivity contribution in [2.75, 3.05) is 0 Å². The number of benzene rings is 2. The number of aryl methyl sites for hydroxylation is 1. The van der Waals surface area contributed by atoms with Gasteiger partial charge in [0.05, 0.1) is 6.16 Å². The number of rotatable bonds is 4. The molecule has 0 saturated heterocycles. The molecular weight excluding hydrogens is 231 g/mol. The van der Waals surface area contributed by atoms with Gasteiger partial charge in [0.15, 0.2) is 0 Å². The lowest BCUT2D eigenvalue weighted by atomic mass is 10.2. The van der Waals surface area contributed by atoms with Gasteiger partial charge in [0.25, 0.3) is 0 Å². The van der Waals surface area contributed by atoms with E-state index in [1.807, 2.05) is 61.5 Å². The number of hydrogen-bond acceptors (Lipinski definition) is 2. The fourth-order valence-electron chi connectivity index (χ4n) is 1.54. The maximum absolute atomic E-state index is 9.92. The molecule has 2 rings (SSSR count). The first-order valence-electron chi connectivity index (χ1n) is 5.49. The van der Waals surface area contributed by atoms with Gasteiger partial charge in [0.1, 0.15) is 5.75 Å². The first-order valence-corrected chi connectivity index (χ1v) is 6.89. The summed E-state index contributed by atoms with van der Waals surface area (Å²) in [5, 5.41) is 0. The van der Waals surface area contributed by atoms with Gasteiger partial charge in [-0.1, -0.05) is 48.5 Å². The summed E-state index contributed by atoms with van der Waals surface area (Å²) in [6.07, 6.45) is 0.560. The van der Waals surface area contributed by atoms with Crippen LogP contribution in [0.5, 0.6) is 5.75 Å². The van der Waals surface area contributed by atoms with Crippen LogP contribution in [0.15, 0.2) is 54.6 Å². The molecule has 0 spiro atoms. The average Bonchev–Trinajstić information content (AvgIpc) is 2.33. The fraction of sp³-hybridized carbons (Fsp3) is 0.143. The molecule has 17 heavy (non-hydrogen) atoms. The summed E-state index contributed by atoms with van der Waals surface area (Å²) in [4.78, 5) is 9.92. The zero-order valence-electron chi connectivity index (χ0n) is 9.71. The van der Waals surface area contributed by atoms with Crippen LogP contribution < -0.4 is 4.52 Å². The Morgan fingerprint density at radius 2 is 1.65 bits per heavy atom. The molecule has 3 heteroatoms. The van der Waals surface area contributed by atoms with Crippen molar-refractivity contribution in [3.8, 4) is 5.75 Å². The molecule has 0 heterocycles. The first-order chi connectivity index (χ1) is 8.25. The van der Waals surface area contributed by atoms with Gasteiger partial charge in [-0.15, -0.1) is 0 Å². The average molecular weight is 246 g/mol. The molecule has 88 valence electrons. The minimum absolute atomic E-state index is 0.560. The van der Waals surface area contributed by atoms with Gasteiger partial charge in [0.2, 0.25) is 8.38 Å². The second-order valence-corrected chi connectivity index (χ2v) is 5.06. The molecule has 0 fully saturated rings. The SMILES string of the molecule is Cc1ccccc1OP(O)Cc1ccccc1. The van der Waals surface area contributed by atoms with Crippen LogP contribution in [0, 0.1) is 6.92 Å². The van der Waals surface area contributed by atoms with E-state index in [4.69, 9.17) is 4.52 Å². The Bertz CT molecular complexity index is 471. The van der Waals surface area contributed by atoms with Crippen LogP contribution in [0.4, 0.5) is 0 Å². The highest BCUT2D eigenvalue weighted by Crippen LogP contribution is 2.38. The van der Waals surface area contributed by atoms with E-state index >= 15 is 0 Å². The Kier molecular flexibility index (Phi) is 4.13. The van der Waals surface area contributed by atoms with Crippen molar-refractivity contribution in [2.45, 2.75) is 13.1 Å². The van der Waals surface area contributed by atoms with Gasteiger partial charge < -0.3 is 9.42 Å². The smallest absolute Gasteiger partial charge is 0.232 e. The van der Waals surface area contributed by atoms with Crippen molar-refractivity contribution in [3.05, 3.63) is 65.7 Å². The van der Waals surface area contributed by atoms with Crippen LogP contribution in [0.1, 0.15) is 11.1 Å². The van der Waals surface area contributed by atoms with E-state index in [-0.39, 0.29) is 0 Å². The largest absolute Gasteiger partial charge is 0.447 e. The van der Waals surface area contributed by atoms with E-state index in [1.165, 1.54) is 0 Å². The molecule has 2 nitrogen and oxygen atoms in total. The third-order valence-electron chi connectivity index (χ3n) is 2.46. The fourth-order valence-corrected chi connectivity index (χ4v) is 2.56. The van der Waals surface area contributed by atoms with Crippen molar-refractivity contribution >= 4 is 8.38 Å². The summed E-state index contributed by atoms with van der Waals surface area (Å²) < 4.78 is 5.57. The molecule has 0 aliphatic carbocycles. The molecular formula is C14H15O2P. The first kappa shape index (κ1) is 12.1. The molecule has 0 aromatic heterocycles. The van der Waals surface area contributed by atoms with Crippen molar-refractivity contribution in [1.29, 1.82) is 0 Å². The molecule has 0 radical (unpaired) electrons. The normalized spacial score (nSPS) is 12.1. The van der Waals surface area contributed by atoms with Gasteiger partial charge in [-0.3, -0.25) is 0 Å². The Balaban J connectivity index is 1.98. The topological polar surface area (TPSA) is 29.5 Å². The molecule has 1 atom stereocenters. The van der Waals surface area contributed by atoms with Crippen molar-refractivity contribution in [3.63, 3.8) is 0 Å². The quantitative estimate of drug-likeness (QED) is 0.829. The molecule has 1 unspecified atom stereocenters. The third-order valence-corrected chi connectivity index (χ3v) is 3.50. The summed E-state index contributed by atoms with van der Waals surface area (Å²) in [7, 11) is -1.45. The standard InChI is InChI=1S/C14H15O2P/c1-12-7-5-6-10-14(12)16-17(15)11-13-8-3-2-4-9-13/h2-10,15H,11H2,1H3. The molecule has 1 N–H and O–H groups in total. The van der Waals surface area contributed by atoms with Crippen LogP contribution in [-0.4, -0.2) is 4.89 Å². The predicted octanol–water partition coefficient (Wildman–Crippen LogP) is 3.88. The van der Waals surface area contributed by atoms with Crippen LogP contribution >= 0.6 is 8.38 Å². The molecule has 0 bridgehead atoms. The van der Waals surface area contributed by atoms with Gasteiger partial charge in [-0.05, 0) is 24.1 Å². The summed E-state index contributed by atoms with van der Waals surface area (Å²) in [5.74, 6) is 0.761. The van der Waals surface area contributed by atoms with Gasteiger partial charge in [0, 0.05) is 0 Å². The Labute approximate surface area is 103 Å². The Morgan fingerprint density at radius 3 is 2.35 bits per heavy atom. The summed E-state index contributed by atoms with van der Waals surface area (Å²) >= 11 is 0. The number of hydrogen-bond donors (Lipinski definition) is 1. The molecule has 2 aromatic carbocycles. The van der Waals surface area contributed by atoms with Crippen LogP contribution in [0.2, 0.25) is 0 Å². The second kappa shape index (κ2) is 5.81. The van der Waals surface area contributed by atoms with E-state index in [1.54, 1.807) is 0 Å². The summed E-state index contributed by atoms with van der Waals surface area (Å²) in [6.45, 7) is 1.97. The minimum atomic E-state index is -1.45. The highest BCUT2D eigenvalue weighted by molar-refractivity contribution is 7.45. The van der Waals surface area contributed by atoms with Crippen molar-refractivity contribution < 1.29 is 9.42 Å². The molecule has 2 aromatic rings. The van der Waals surface area contributed by atoms with Gasteiger partial charge in [-0.2, -0.15) is 0 Å². The van der Waals surface area contributed by atoms with Crippen molar-refractivity contribution in [1.82, 2.24) is 0 Å². The lowest BCUT2D eigenvalue weighted by Gasteiger charge is -2.13. The van der Waals surface area contributed by atoms with Crippen LogP contribution in [0.25, 0.3) is 0 Å². The van der Waals surface area contributed by atoms with Gasteiger partial charge >= 0.3 is 0 Å². The monoisotopic (exact) mass is 246 g/mol. The lowest BCUT2D eigenvalue weighted by molar-refractivity contribution is 0.483. The lowest BCUT2D eigenvalue weighted by Crippen LogP contribution is -1.92. The van der Waals surface area contributed by atoms with E-state index in [9.17, 15) is 4.89 Å². The number of para-hydroxylation sites is 1. The Hall–Kier alpha value is -1.37. The minimum Gasteiger partial charge on any atom is -0.447 e. The summed E-state index contributed by atoms with van der Waals surface area (Å²) in [5.41, 5.74) is 2.14. The molecule has 0 aliphatic rings. The predicted molar refractivity (Wildman–Crippen MR) is 71.1 cm³/mol. The highest BCUT2D eigenvalue weighted by Gasteiger charge is 2.09. The van der Waals surface area contributed by atoms with Gasteiger partial charge in [-0.25, -0.2) is 0 Å². The third kappa shape index (κ3) is 3.55. The summed E-state index contributed by atoms with van der Waals surface area (Å²) in [6, 6.07) is 17.6. The maximum atomic E-state index is 9.92.